The van der Waals surface area contributed by atoms with E-state index in [9.17, 15) is 0 Å². The largest absolute Gasteiger partial charge is 0.369 e. The van der Waals surface area contributed by atoms with Crippen LogP contribution in [0, 0.1) is 0 Å². The summed E-state index contributed by atoms with van der Waals surface area (Å²) in [5.74, 6) is 0. The Kier molecular flexibility index (Phi) is 4.84. The van der Waals surface area contributed by atoms with Crippen molar-refractivity contribution in [2.45, 2.75) is 13.1 Å². The Balaban J connectivity index is 2.15. The van der Waals surface area contributed by atoms with Gasteiger partial charge in [-0.1, -0.05) is 6.07 Å². The van der Waals surface area contributed by atoms with E-state index in [1.807, 2.05) is 0 Å². The Morgan fingerprint density at radius 3 is 2.61 bits per heavy atom. The Hall–Kier alpha value is -0.360. The molecule has 0 saturated carbocycles. The van der Waals surface area contributed by atoms with Gasteiger partial charge in [0.2, 0.25) is 0 Å². The molecule has 2 nitrogen and oxygen atoms in total. The lowest BCUT2D eigenvalue weighted by Gasteiger charge is -2.20. The van der Waals surface area contributed by atoms with Gasteiger partial charge in [0.15, 0.2) is 0 Å². The van der Waals surface area contributed by atoms with Crippen LogP contribution in [-0.2, 0) is 13.1 Å². The number of halogens is 2. The first-order valence-corrected chi connectivity index (χ1v) is 7.99. The molecule has 2 N–H and O–H groups in total. The molecule has 0 bridgehead atoms. The van der Waals surface area contributed by atoms with Crippen molar-refractivity contribution < 1.29 is 0 Å². The fourth-order valence-corrected chi connectivity index (χ4v) is 3.97. The molecule has 0 aliphatic rings. The summed E-state index contributed by atoms with van der Waals surface area (Å²) in [4.78, 5) is 3.56. The molecule has 2 rings (SSSR count). The van der Waals surface area contributed by atoms with Crippen LogP contribution in [0.15, 0.2) is 38.6 Å². The topological polar surface area (TPSA) is 29.3 Å². The third kappa shape index (κ3) is 3.35. The first-order valence-electron chi connectivity index (χ1n) is 5.52. The second-order valence-electron chi connectivity index (χ2n) is 4.08. The van der Waals surface area contributed by atoms with Gasteiger partial charge in [-0.25, -0.2) is 0 Å². The third-order valence-corrected chi connectivity index (χ3v) is 4.99. The summed E-state index contributed by atoms with van der Waals surface area (Å²) in [6, 6.07) is 8.41. The molecule has 0 saturated heterocycles. The lowest BCUT2D eigenvalue weighted by Crippen LogP contribution is -2.16. The normalized spacial score (nSPS) is 10.7. The second-order valence-corrected chi connectivity index (χ2v) is 6.84. The molecule has 1 aromatic carbocycles. The molecule has 96 valence electrons. The molecular formula is C13H14Br2N2S. The average Bonchev–Trinajstić information content (AvgIpc) is 2.74. The van der Waals surface area contributed by atoms with Crippen molar-refractivity contribution in [3.63, 3.8) is 0 Å². The quantitative estimate of drug-likeness (QED) is 0.841. The average molecular weight is 390 g/mol. The van der Waals surface area contributed by atoms with E-state index in [0.29, 0.717) is 6.54 Å². The first kappa shape index (κ1) is 14.1. The molecule has 0 amide bonds. The van der Waals surface area contributed by atoms with E-state index in [2.05, 4.69) is 73.5 Å². The lowest BCUT2D eigenvalue weighted by molar-refractivity contribution is 0.934. The molecule has 5 heteroatoms. The molecule has 18 heavy (non-hydrogen) atoms. The summed E-state index contributed by atoms with van der Waals surface area (Å²) < 4.78 is 2.23. The summed E-state index contributed by atoms with van der Waals surface area (Å²) in [5.41, 5.74) is 7.95. The molecule has 2 aromatic rings. The highest BCUT2D eigenvalue weighted by Gasteiger charge is 2.08. The van der Waals surface area contributed by atoms with Crippen molar-refractivity contribution in [3.05, 3.63) is 49.0 Å². The van der Waals surface area contributed by atoms with Crippen LogP contribution in [0.25, 0.3) is 0 Å². The fourth-order valence-electron chi connectivity index (χ4n) is 1.74. The first-order chi connectivity index (χ1) is 8.60. The SMILES string of the molecule is CN(Cc1cc(Br)cs1)c1ccc(CN)cc1Br. The fraction of sp³-hybridized carbons (Fsp3) is 0.231. The predicted molar refractivity (Wildman–Crippen MR) is 86.2 cm³/mol. The minimum atomic E-state index is 0.570. The lowest BCUT2D eigenvalue weighted by atomic mass is 10.2. The summed E-state index contributed by atoms with van der Waals surface area (Å²) in [7, 11) is 2.09. The highest BCUT2D eigenvalue weighted by Crippen LogP contribution is 2.29. The zero-order valence-corrected chi connectivity index (χ0v) is 14.0. The van der Waals surface area contributed by atoms with Crippen LogP contribution < -0.4 is 10.6 Å². The van der Waals surface area contributed by atoms with Gasteiger partial charge in [0.25, 0.3) is 0 Å². The Morgan fingerprint density at radius 2 is 2.06 bits per heavy atom. The molecule has 0 aliphatic carbocycles. The summed E-state index contributed by atoms with van der Waals surface area (Å²) >= 11 is 8.85. The molecule has 0 aliphatic heterocycles. The summed E-state index contributed by atoms with van der Waals surface area (Å²) in [6.07, 6.45) is 0. The highest BCUT2D eigenvalue weighted by molar-refractivity contribution is 9.10. The number of anilines is 1. The summed E-state index contributed by atoms with van der Waals surface area (Å²) in [5, 5.41) is 2.11. The van der Waals surface area contributed by atoms with Crippen molar-refractivity contribution in [2.75, 3.05) is 11.9 Å². The Bertz CT molecular complexity index is 540. The van der Waals surface area contributed by atoms with Crippen molar-refractivity contribution in [2.24, 2.45) is 5.73 Å². The van der Waals surface area contributed by atoms with Crippen LogP contribution in [-0.4, -0.2) is 7.05 Å². The number of hydrogen-bond acceptors (Lipinski definition) is 3. The molecule has 0 unspecified atom stereocenters. The zero-order chi connectivity index (χ0) is 13.1. The van der Waals surface area contributed by atoms with Crippen LogP contribution >= 0.6 is 43.2 Å². The molecule has 1 heterocycles. The number of thiophene rings is 1. The number of nitrogens with zero attached hydrogens (tertiary/aromatic N) is 1. The minimum Gasteiger partial charge on any atom is -0.369 e. The number of nitrogens with two attached hydrogens (primary N) is 1. The molecular weight excluding hydrogens is 376 g/mol. The van der Waals surface area contributed by atoms with Crippen LogP contribution in [0.3, 0.4) is 0 Å². The monoisotopic (exact) mass is 388 g/mol. The van der Waals surface area contributed by atoms with E-state index in [1.54, 1.807) is 11.3 Å². The van der Waals surface area contributed by atoms with Crippen LogP contribution in [0.4, 0.5) is 5.69 Å². The van der Waals surface area contributed by atoms with Gasteiger partial charge >= 0.3 is 0 Å². The van der Waals surface area contributed by atoms with Crippen molar-refractivity contribution in [1.29, 1.82) is 0 Å². The van der Waals surface area contributed by atoms with Crippen LogP contribution in [0.2, 0.25) is 0 Å². The van der Waals surface area contributed by atoms with E-state index >= 15 is 0 Å². The Labute approximate surface area is 128 Å². The van der Waals surface area contributed by atoms with Gasteiger partial charge in [-0.2, -0.15) is 0 Å². The van der Waals surface area contributed by atoms with Crippen LogP contribution in [0.5, 0.6) is 0 Å². The van der Waals surface area contributed by atoms with E-state index in [4.69, 9.17) is 5.73 Å². The molecule has 1 aromatic heterocycles. The standard InChI is InChI=1S/C13H14Br2N2S/c1-17(7-11-5-10(14)8-18-11)13-3-2-9(6-16)4-12(13)15/h2-5,8H,6-7,16H2,1H3. The van der Waals surface area contributed by atoms with Crippen molar-refractivity contribution in [1.82, 2.24) is 0 Å². The molecule has 0 radical (unpaired) electrons. The third-order valence-electron chi connectivity index (χ3n) is 2.67. The number of hydrogen-bond donors (Lipinski definition) is 1. The maximum atomic E-state index is 5.63. The molecule has 0 atom stereocenters. The number of benzene rings is 1. The van der Waals surface area contributed by atoms with Gasteiger partial charge in [-0.3, -0.25) is 0 Å². The van der Waals surface area contributed by atoms with Gasteiger partial charge in [0.05, 0.1) is 12.2 Å². The van der Waals surface area contributed by atoms with Gasteiger partial charge in [-0.15, -0.1) is 11.3 Å². The van der Waals surface area contributed by atoms with Crippen molar-refractivity contribution in [3.8, 4) is 0 Å². The second kappa shape index (κ2) is 6.19. The maximum absolute atomic E-state index is 5.63. The highest BCUT2D eigenvalue weighted by atomic mass is 79.9. The smallest absolute Gasteiger partial charge is 0.0520 e. The maximum Gasteiger partial charge on any atom is 0.0520 e. The van der Waals surface area contributed by atoms with Crippen molar-refractivity contribution >= 4 is 48.9 Å². The van der Waals surface area contributed by atoms with Gasteiger partial charge in [-0.05, 0) is 55.6 Å². The molecule has 0 spiro atoms. The summed E-state index contributed by atoms with van der Waals surface area (Å²) in [6.45, 7) is 1.47. The minimum absolute atomic E-state index is 0.570. The van der Waals surface area contributed by atoms with Gasteiger partial charge < -0.3 is 10.6 Å². The van der Waals surface area contributed by atoms with E-state index < -0.39 is 0 Å². The number of rotatable bonds is 4. The van der Waals surface area contributed by atoms with E-state index in [1.165, 1.54) is 10.6 Å². The molecule has 0 fully saturated rings. The van der Waals surface area contributed by atoms with Gasteiger partial charge in [0.1, 0.15) is 0 Å². The van der Waals surface area contributed by atoms with Crippen LogP contribution in [0.1, 0.15) is 10.4 Å². The predicted octanol–water partition coefficient (Wildman–Crippen LogP) is 4.37. The van der Waals surface area contributed by atoms with E-state index in [-0.39, 0.29) is 0 Å². The van der Waals surface area contributed by atoms with Gasteiger partial charge in [0, 0.05) is 32.8 Å². The Morgan fingerprint density at radius 1 is 1.28 bits per heavy atom. The zero-order valence-electron chi connectivity index (χ0n) is 9.99. The van der Waals surface area contributed by atoms with E-state index in [0.717, 1.165) is 21.1 Å².